The molecule has 2 rings (SSSR count). The maximum atomic E-state index is 11.9. The minimum atomic E-state index is -1.44. The zero-order valence-corrected chi connectivity index (χ0v) is 15.6. The molecule has 3 atom stereocenters. The zero-order chi connectivity index (χ0) is 15.7. The van der Waals surface area contributed by atoms with Crippen molar-refractivity contribution in [3.63, 3.8) is 0 Å². The first-order valence-corrected chi connectivity index (χ1v) is 7.89. The van der Waals surface area contributed by atoms with Crippen LogP contribution in [0.3, 0.4) is 0 Å². The third-order valence-corrected chi connectivity index (χ3v) is 5.64. The maximum absolute atomic E-state index is 11.9. The van der Waals surface area contributed by atoms with E-state index in [1.165, 1.54) is 18.7 Å². The number of fused-ring (bicyclic) bond motifs is 1. The minimum absolute atomic E-state index is 0. The SMILES string of the molecule is CC(O)[C@H]1C(=O)N2C(C(=O)[O-])=C(SCCOC(N)=O)S[C@H]12.[Na+]. The number of hydrogen-bond acceptors (Lipinski definition) is 8. The predicted molar refractivity (Wildman–Crippen MR) is 73.4 cm³/mol. The molecule has 0 saturated carbocycles. The van der Waals surface area contributed by atoms with E-state index >= 15 is 0 Å². The van der Waals surface area contributed by atoms with Crippen molar-refractivity contribution >= 4 is 41.5 Å². The van der Waals surface area contributed by atoms with Crippen LogP contribution in [0.5, 0.6) is 0 Å². The Balaban J connectivity index is 0.00000242. The Morgan fingerprint density at radius 3 is 2.73 bits per heavy atom. The number of carboxylic acid groups (broad SMARTS) is 1. The molecule has 3 N–H and O–H groups in total. The molecule has 2 aliphatic heterocycles. The summed E-state index contributed by atoms with van der Waals surface area (Å²) in [7, 11) is 0. The molecule has 2 aliphatic rings. The second-order valence-electron chi connectivity index (χ2n) is 4.42. The van der Waals surface area contributed by atoms with Crippen LogP contribution in [0.4, 0.5) is 4.79 Å². The monoisotopic (exact) mass is 356 g/mol. The van der Waals surface area contributed by atoms with Gasteiger partial charge in [-0.05, 0) is 6.92 Å². The molecule has 0 bridgehead atoms. The summed E-state index contributed by atoms with van der Waals surface area (Å²) in [6.07, 6.45) is -1.76. The number of amides is 2. The summed E-state index contributed by atoms with van der Waals surface area (Å²) in [5.74, 6) is -2.19. The molecule has 0 spiro atoms. The number of rotatable bonds is 6. The Morgan fingerprint density at radius 1 is 1.59 bits per heavy atom. The number of thioether (sulfide) groups is 2. The van der Waals surface area contributed by atoms with Crippen LogP contribution in [0.1, 0.15) is 6.92 Å². The molecule has 116 valence electrons. The van der Waals surface area contributed by atoms with E-state index in [9.17, 15) is 24.6 Å². The quantitative estimate of drug-likeness (QED) is 0.277. The summed E-state index contributed by atoms with van der Waals surface area (Å²) in [4.78, 5) is 34.7. The fraction of sp³-hybridized carbons (Fsp3) is 0.545. The molecule has 0 radical (unpaired) electrons. The van der Waals surface area contributed by atoms with Gasteiger partial charge >= 0.3 is 35.7 Å². The van der Waals surface area contributed by atoms with Crippen LogP contribution >= 0.6 is 23.5 Å². The van der Waals surface area contributed by atoms with Crippen molar-refractivity contribution in [2.24, 2.45) is 11.7 Å². The smallest absolute Gasteiger partial charge is 0.543 e. The molecular weight excluding hydrogens is 343 g/mol. The number of carboxylic acids is 1. The minimum Gasteiger partial charge on any atom is -0.543 e. The van der Waals surface area contributed by atoms with Gasteiger partial charge in [-0.1, -0.05) is 11.8 Å². The first-order chi connectivity index (χ1) is 9.84. The normalized spacial score (nSPS) is 24.3. The van der Waals surface area contributed by atoms with Crippen molar-refractivity contribution in [1.82, 2.24) is 4.90 Å². The van der Waals surface area contributed by atoms with E-state index in [0.29, 0.717) is 9.99 Å². The fourth-order valence-corrected chi connectivity index (χ4v) is 4.93. The number of primary amides is 1. The van der Waals surface area contributed by atoms with Gasteiger partial charge in [-0.3, -0.25) is 9.69 Å². The number of ether oxygens (including phenoxy) is 1. The van der Waals surface area contributed by atoms with E-state index in [1.807, 2.05) is 0 Å². The Kier molecular flexibility index (Phi) is 7.09. The molecule has 0 aromatic heterocycles. The summed E-state index contributed by atoms with van der Waals surface area (Å²) < 4.78 is 4.96. The maximum Gasteiger partial charge on any atom is 1.00 e. The Morgan fingerprint density at radius 2 is 2.23 bits per heavy atom. The zero-order valence-electron chi connectivity index (χ0n) is 12.0. The van der Waals surface area contributed by atoms with E-state index in [4.69, 9.17) is 5.73 Å². The predicted octanol–water partition coefficient (Wildman–Crippen LogP) is -4.35. The van der Waals surface area contributed by atoms with Gasteiger partial charge in [0.05, 0.1) is 27.9 Å². The Bertz CT molecular complexity index is 527. The van der Waals surface area contributed by atoms with Gasteiger partial charge in [0.15, 0.2) is 0 Å². The first-order valence-electron chi connectivity index (χ1n) is 6.03. The van der Waals surface area contributed by atoms with Gasteiger partial charge in [-0.2, -0.15) is 0 Å². The van der Waals surface area contributed by atoms with Gasteiger partial charge in [-0.15, -0.1) is 11.8 Å². The summed E-state index contributed by atoms with van der Waals surface area (Å²) >= 11 is 2.33. The Labute approximate surface area is 157 Å². The fourth-order valence-electron chi connectivity index (χ4n) is 2.12. The number of nitrogens with zero attached hydrogens (tertiary/aromatic N) is 1. The average Bonchev–Trinajstić information content (AvgIpc) is 2.68. The molecular formula is C11H13N2NaO6S2. The van der Waals surface area contributed by atoms with Crippen LogP contribution < -0.4 is 40.4 Å². The van der Waals surface area contributed by atoms with Crippen molar-refractivity contribution in [3.05, 3.63) is 9.93 Å². The average molecular weight is 356 g/mol. The van der Waals surface area contributed by atoms with Crippen molar-refractivity contribution < 1.29 is 58.9 Å². The van der Waals surface area contributed by atoms with Gasteiger partial charge in [0.25, 0.3) is 0 Å². The number of aliphatic hydroxyl groups excluding tert-OH is 1. The van der Waals surface area contributed by atoms with Crippen molar-refractivity contribution in [1.29, 1.82) is 0 Å². The van der Waals surface area contributed by atoms with E-state index in [2.05, 4.69) is 4.74 Å². The van der Waals surface area contributed by atoms with Crippen LogP contribution in [-0.2, 0) is 14.3 Å². The van der Waals surface area contributed by atoms with E-state index < -0.39 is 35.4 Å². The van der Waals surface area contributed by atoms with Gasteiger partial charge < -0.3 is 25.5 Å². The van der Waals surface area contributed by atoms with Gasteiger partial charge in [-0.25, -0.2) is 4.79 Å². The molecule has 2 amide bonds. The topological polar surface area (TPSA) is 133 Å². The standard InChI is InChI=1S/C11H14N2O6S2.Na/c1-4(14)5-7(15)13-6(9(16)17)10(21-8(5)13)20-3-2-19-11(12)18;/h4-5,8,14H,2-3H2,1H3,(H2,12,18)(H,16,17);/q;+1/p-1/t4?,5-,8+;/m0./s1. The van der Waals surface area contributed by atoms with E-state index in [-0.39, 0.29) is 41.9 Å². The number of nitrogens with two attached hydrogens (primary N) is 1. The van der Waals surface area contributed by atoms with Crippen LogP contribution in [0.2, 0.25) is 0 Å². The van der Waals surface area contributed by atoms with Crippen LogP contribution in [0, 0.1) is 5.92 Å². The molecule has 0 aromatic carbocycles. The second kappa shape index (κ2) is 7.93. The molecule has 2 heterocycles. The number of carbonyl (C=O) groups excluding carboxylic acids is 3. The summed E-state index contributed by atoms with van der Waals surface area (Å²) in [6, 6.07) is 0. The third-order valence-electron chi connectivity index (χ3n) is 3.02. The molecule has 11 heteroatoms. The second-order valence-corrected chi connectivity index (χ2v) is 6.91. The van der Waals surface area contributed by atoms with Crippen molar-refractivity contribution in [3.8, 4) is 0 Å². The molecule has 1 fully saturated rings. The van der Waals surface area contributed by atoms with Crippen LogP contribution in [0.25, 0.3) is 0 Å². The van der Waals surface area contributed by atoms with E-state index in [0.717, 1.165) is 16.7 Å². The molecule has 8 nitrogen and oxygen atoms in total. The number of β-lactam (4-membered cyclic amide) rings is 1. The van der Waals surface area contributed by atoms with Crippen molar-refractivity contribution in [2.75, 3.05) is 12.4 Å². The summed E-state index contributed by atoms with van der Waals surface area (Å²) in [5, 5.41) is 20.3. The van der Waals surface area contributed by atoms with E-state index in [1.54, 1.807) is 0 Å². The number of carbonyl (C=O) groups is 3. The van der Waals surface area contributed by atoms with Crippen LogP contribution in [-0.4, -0.2) is 51.8 Å². The van der Waals surface area contributed by atoms with Crippen molar-refractivity contribution in [2.45, 2.75) is 18.4 Å². The summed E-state index contributed by atoms with van der Waals surface area (Å²) in [5.41, 5.74) is 4.63. The Hall–Kier alpha value is -0.390. The van der Waals surface area contributed by atoms with Gasteiger partial charge in [0.1, 0.15) is 12.0 Å². The molecule has 22 heavy (non-hydrogen) atoms. The van der Waals surface area contributed by atoms with Crippen LogP contribution in [0.15, 0.2) is 9.93 Å². The van der Waals surface area contributed by atoms with Gasteiger partial charge in [0.2, 0.25) is 5.91 Å². The first kappa shape index (κ1) is 19.7. The third kappa shape index (κ3) is 3.74. The van der Waals surface area contributed by atoms with Gasteiger partial charge in [0, 0.05) is 5.75 Å². The largest absolute Gasteiger partial charge is 1.00 e. The molecule has 1 saturated heterocycles. The molecule has 0 aromatic rings. The number of aliphatic carboxylic acids is 1. The number of hydrogen-bond donors (Lipinski definition) is 2. The molecule has 1 unspecified atom stereocenters. The molecule has 0 aliphatic carbocycles. The number of aliphatic hydroxyl groups is 1. The summed E-state index contributed by atoms with van der Waals surface area (Å²) in [6.45, 7) is 1.52.